The molecule has 2 aromatic rings. The van der Waals surface area contributed by atoms with Gasteiger partial charge in [-0.2, -0.15) is 0 Å². The van der Waals surface area contributed by atoms with Crippen LogP contribution in [-0.4, -0.2) is 60.4 Å². The molecule has 2 heterocycles. The van der Waals surface area contributed by atoms with E-state index in [4.69, 9.17) is 9.47 Å². The summed E-state index contributed by atoms with van der Waals surface area (Å²) in [5.41, 5.74) is 0.623. The number of halogens is 1. The van der Waals surface area contributed by atoms with Crippen LogP contribution < -0.4 is 10.1 Å². The van der Waals surface area contributed by atoms with Crippen LogP contribution in [0, 0.1) is 11.2 Å². The molecule has 2 aliphatic carbocycles. The van der Waals surface area contributed by atoms with E-state index in [-0.39, 0.29) is 5.75 Å². The Bertz CT molecular complexity index is 851. The average molecular weight is 372 g/mol. The number of anilines is 1. The van der Waals surface area contributed by atoms with E-state index in [2.05, 4.69) is 20.2 Å². The monoisotopic (exact) mass is 372 g/mol. The van der Waals surface area contributed by atoms with Crippen LogP contribution in [0.4, 0.5) is 10.2 Å². The first-order chi connectivity index (χ1) is 13.2. The Kier molecular flexibility index (Phi) is 4.16. The number of rotatable bonds is 4. The maximum absolute atomic E-state index is 14.6. The fourth-order valence-electron chi connectivity index (χ4n) is 5.15. The number of nitrogens with one attached hydrogen (secondary N) is 1. The Morgan fingerprint density at radius 3 is 2.78 bits per heavy atom. The number of nitrogens with zero attached hydrogens (tertiary/aromatic N) is 3. The maximum atomic E-state index is 14.6. The minimum absolute atomic E-state index is 0.207. The summed E-state index contributed by atoms with van der Waals surface area (Å²) in [6, 6.07) is 4.48. The number of methoxy groups -OCH3 is 1. The number of hydrogen-bond donors (Lipinski definition) is 1. The molecule has 1 N–H and O–H groups in total. The van der Waals surface area contributed by atoms with Crippen molar-refractivity contribution in [2.45, 2.75) is 37.8 Å². The molecule has 144 valence electrons. The van der Waals surface area contributed by atoms with Crippen LogP contribution in [0.5, 0.6) is 5.75 Å². The normalized spacial score (nSPS) is 27.2. The second-order valence-electron chi connectivity index (χ2n) is 7.88. The van der Waals surface area contributed by atoms with Crippen LogP contribution in [0.15, 0.2) is 18.5 Å². The van der Waals surface area contributed by atoms with Gasteiger partial charge in [0.2, 0.25) is 0 Å². The zero-order valence-electron chi connectivity index (χ0n) is 15.6. The second kappa shape index (κ2) is 6.56. The number of ether oxygens (including phenoxy) is 2. The van der Waals surface area contributed by atoms with Crippen LogP contribution in [-0.2, 0) is 4.74 Å². The predicted molar refractivity (Wildman–Crippen MR) is 101 cm³/mol. The Morgan fingerprint density at radius 1 is 1.26 bits per heavy atom. The molecule has 5 rings (SSSR count). The molecular weight excluding hydrogens is 347 g/mol. The van der Waals surface area contributed by atoms with Crippen LogP contribution in [0.25, 0.3) is 10.9 Å². The molecule has 0 bridgehead atoms. The van der Waals surface area contributed by atoms with E-state index >= 15 is 0 Å². The molecule has 3 aliphatic rings. The summed E-state index contributed by atoms with van der Waals surface area (Å²) < 4.78 is 25.2. The number of hydrogen-bond acceptors (Lipinski definition) is 6. The summed E-state index contributed by atoms with van der Waals surface area (Å²) in [5.74, 6) is 0.496. The van der Waals surface area contributed by atoms with Gasteiger partial charge >= 0.3 is 0 Å². The number of morpholine rings is 1. The lowest BCUT2D eigenvalue weighted by atomic mass is 9.49. The van der Waals surface area contributed by atoms with Gasteiger partial charge in [0.05, 0.1) is 20.3 Å². The van der Waals surface area contributed by atoms with Gasteiger partial charge in [-0.15, -0.1) is 0 Å². The van der Waals surface area contributed by atoms with Gasteiger partial charge in [0, 0.05) is 36.0 Å². The predicted octanol–water partition coefficient (Wildman–Crippen LogP) is 2.83. The first kappa shape index (κ1) is 17.1. The number of aromatic nitrogens is 2. The highest BCUT2D eigenvalue weighted by Crippen LogP contribution is 2.58. The van der Waals surface area contributed by atoms with E-state index in [1.165, 1.54) is 32.7 Å². The molecule has 1 spiro atoms. The van der Waals surface area contributed by atoms with Crippen molar-refractivity contribution in [3.05, 3.63) is 24.3 Å². The van der Waals surface area contributed by atoms with Gasteiger partial charge in [0.15, 0.2) is 11.6 Å². The van der Waals surface area contributed by atoms with E-state index in [1.54, 1.807) is 6.07 Å². The molecule has 1 aromatic carbocycles. The average Bonchev–Trinajstić information content (AvgIpc) is 2.65. The molecule has 6 nitrogen and oxygen atoms in total. The molecule has 0 radical (unpaired) electrons. The highest BCUT2D eigenvalue weighted by molar-refractivity contribution is 5.90. The zero-order chi connectivity index (χ0) is 18.4. The molecule has 2 saturated carbocycles. The topological polar surface area (TPSA) is 59.5 Å². The van der Waals surface area contributed by atoms with Crippen molar-refractivity contribution < 1.29 is 13.9 Å². The van der Waals surface area contributed by atoms with Crippen LogP contribution in [0.1, 0.15) is 25.7 Å². The standard InChI is InChI=1S/C20H25FN4O2/c1-26-14-4-3-13-18(17(14)21)22-12-23-19(13)24-15-11-16(20(15)5-2-6-20)25-7-9-27-10-8-25/h3-4,12,15-16H,2,5-11H2,1H3,(H,22,23,24)/t15-,16-/m1/s1. The lowest BCUT2D eigenvalue weighted by Crippen LogP contribution is -2.70. The summed E-state index contributed by atoms with van der Waals surface area (Å²) in [4.78, 5) is 11.2. The third-order valence-electron chi connectivity index (χ3n) is 6.83. The van der Waals surface area contributed by atoms with Crippen molar-refractivity contribution in [2.24, 2.45) is 5.41 Å². The van der Waals surface area contributed by atoms with Crippen LogP contribution in [0.2, 0.25) is 0 Å². The smallest absolute Gasteiger partial charge is 0.191 e. The van der Waals surface area contributed by atoms with Crippen LogP contribution in [0.3, 0.4) is 0 Å². The van der Waals surface area contributed by atoms with E-state index in [0.29, 0.717) is 28.4 Å². The molecule has 1 aromatic heterocycles. The molecule has 27 heavy (non-hydrogen) atoms. The Balaban J connectivity index is 1.40. The summed E-state index contributed by atoms with van der Waals surface area (Å²) in [6.07, 6.45) is 6.31. The summed E-state index contributed by atoms with van der Waals surface area (Å²) in [5, 5.41) is 4.34. The van der Waals surface area contributed by atoms with Gasteiger partial charge < -0.3 is 14.8 Å². The van der Waals surface area contributed by atoms with Gasteiger partial charge in [-0.05, 0) is 31.4 Å². The fourth-order valence-corrected chi connectivity index (χ4v) is 5.15. The number of benzene rings is 1. The van der Waals surface area contributed by atoms with Crippen molar-refractivity contribution in [1.82, 2.24) is 14.9 Å². The van der Waals surface area contributed by atoms with E-state index < -0.39 is 5.82 Å². The van der Waals surface area contributed by atoms with Gasteiger partial charge in [0.25, 0.3) is 0 Å². The Morgan fingerprint density at radius 2 is 2.07 bits per heavy atom. The minimum Gasteiger partial charge on any atom is -0.494 e. The lowest BCUT2D eigenvalue weighted by Gasteiger charge is -2.65. The molecular formula is C20H25FN4O2. The largest absolute Gasteiger partial charge is 0.494 e. The SMILES string of the molecule is COc1ccc2c(N[C@@H]3C[C@@H](N4CCOCC4)C34CCC4)ncnc2c1F. The van der Waals surface area contributed by atoms with Crippen molar-refractivity contribution in [2.75, 3.05) is 38.7 Å². The summed E-state index contributed by atoms with van der Waals surface area (Å²) >= 11 is 0. The molecule has 1 aliphatic heterocycles. The lowest BCUT2D eigenvalue weighted by molar-refractivity contribution is -0.119. The van der Waals surface area contributed by atoms with E-state index in [0.717, 1.165) is 38.5 Å². The Labute approximate surface area is 158 Å². The molecule has 3 fully saturated rings. The molecule has 0 unspecified atom stereocenters. The van der Waals surface area contributed by atoms with Crippen molar-refractivity contribution in [1.29, 1.82) is 0 Å². The first-order valence-electron chi connectivity index (χ1n) is 9.78. The number of fused-ring (bicyclic) bond motifs is 1. The summed E-state index contributed by atoms with van der Waals surface area (Å²) in [6.45, 7) is 3.73. The van der Waals surface area contributed by atoms with Crippen LogP contribution >= 0.6 is 0 Å². The highest BCUT2D eigenvalue weighted by atomic mass is 19.1. The van der Waals surface area contributed by atoms with E-state index in [9.17, 15) is 4.39 Å². The molecule has 1 saturated heterocycles. The minimum atomic E-state index is -0.432. The van der Waals surface area contributed by atoms with Crippen molar-refractivity contribution in [3.8, 4) is 5.75 Å². The van der Waals surface area contributed by atoms with Crippen molar-refractivity contribution >= 4 is 16.7 Å². The van der Waals surface area contributed by atoms with Gasteiger partial charge in [-0.3, -0.25) is 4.90 Å². The molecule has 7 heteroatoms. The van der Waals surface area contributed by atoms with Crippen molar-refractivity contribution in [3.63, 3.8) is 0 Å². The molecule has 0 amide bonds. The van der Waals surface area contributed by atoms with Gasteiger partial charge in [-0.1, -0.05) is 6.42 Å². The molecule has 2 atom stereocenters. The second-order valence-corrected chi connectivity index (χ2v) is 7.88. The highest BCUT2D eigenvalue weighted by Gasteiger charge is 2.60. The fraction of sp³-hybridized carbons (Fsp3) is 0.600. The quantitative estimate of drug-likeness (QED) is 0.891. The van der Waals surface area contributed by atoms with Gasteiger partial charge in [0.1, 0.15) is 17.7 Å². The van der Waals surface area contributed by atoms with Gasteiger partial charge in [-0.25, -0.2) is 14.4 Å². The third-order valence-corrected chi connectivity index (χ3v) is 6.83. The van der Waals surface area contributed by atoms with E-state index in [1.807, 2.05) is 6.07 Å². The first-order valence-corrected chi connectivity index (χ1v) is 9.78. The summed E-state index contributed by atoms with van der Waals surface area (Å²) in [7, 11) is 1.46. The Hall–Kier alpha value is -1.99. The third kappa shape index (κ3) is 2.59. The zero-order valence-corrected chi connectivity index (χ0v) is 15.6. The maximum Gasteiger partial charge on any atom is 0.191 e.